The van der Waals surface area contributed by atoms with E-state index in [2.05, 4.69) is 20.7 Å². The van der Waals surface area contributed by atoms with Crippen LogP contribution in [0.1, 0.15) is 32.1 Å². The summed E-state index contributed by atoms with van der Waals surface area (Å²) in [5.74, 6) is 0.447. The van der Waals surface area contributed by atoms with E-state index in [1.165, 1.54) is 12.7 Å². The zero-order valence-corrected chi connectivity index (χ0v) is 16.8. The second-order valence-electron chi connectivity index (χ2n) is 7.51. The fourth-order valence-corrected chi connectivity index (χ4v) is 6.25. The molecule has 3 fully saturated rings. The molecule has 2 heterocycles. The minimum Gasteiger partial charge on any atom is -0.365 e. The molecule has 1 aliphatic carbocycles. The Bertz CT molecular complexity index is 519. The van der Waals surface area contributed by atoms with E-state index in [4.69, 9.17) is 4.74 Å². The maximum Gasteiger partial charge on any atom is 0.150 e. The van der Waals surface area contributed by atoms with Gasteiger partial charge < -0.3 is 4.74 Å². The smallest absolute Gasteiger partial charge is 0.150 e. The van der Waals surface area contributed by atoms with Gasteiger partial charge in [-0.05, 0) is 38.0 Å². The molecule has 0 amide bonds. The van der Waals surface area contributed by atoms with Crippen LogP contribution in [0, 0.1) is 5.92 Å². The third kappa shape index (κ3) is 5.31. The van der Waals surface area contributed by atoms with Gasteiger partial charge in [-0.2, -0.15) is 0 Å². The van der Waals surface area contributed by atoms with Crippen molar-refractivity contribution >= 4 is 21.8 Å². The first-order valence-corrected chi connectivity index (χ1v) is 12.1. The van der Waals surface area contributed by atoms with Crippen molar-refractivity contribution in [1.29, 1.82) is 0 Å². The molecule has 4 unspecified atom stereocenters. The summed E-state index contributed by atoms with van der Waals surface area (Å²) in [6.07, 6.45) is 6.19. The molecule has 146 valence electrons. The van der Waals surface area contributed by atoms with Crippen molar-refractivity contribution in [3.05, 3.63) is 0 Å². The second kappa shape index (κ2) is 8.86. The van der Waals surface area contributed by atoms with E-state index < -0.39 is 9.84 Å². The highest BCUT2D eigenvalue weighted by Crippen LogP contribution is 2.32. The molecule has 0 bridgehead atoms. The maximum atomic E-state index is 11.8. The number of methoxy groups -OCH3 is 1. The molecular formula is C16H32N4O3S2. The lowest BCUT2D eigenvalue weighted by molar-refractivity contribution is -0.0122. The number of ether oxygens (including phenoxy) is 1. The predicted molar refractivity (Wildman–Crippen MR) is 102 cm³/mol. The molecule has 3 aliphatic rings. The quantitative estimate of drug-likeness (QED) is 0.472. The average Bonchev–Trinajstić information content (AvgIpc) is 3.12. The van der Waals surface area contributed by atoms with E-state index in [-0.39, 0.29) is 23.7 Å². The minimum absolute atomic E-state index is 0.0136. The highest BCUT2D eigenvalue weighted by Gasteiger charge is 2.38. The van der Waals surface area contributed by atoms with E-state index >= 15 is 0 Å². The third-order valence-corrected chi connectivity index (χ3v) is 8.53. The molecule has 4 atom stereocenters. The van der Waals surface area contributed by atoms with Crippen molar-refractivity contribution in [1.82, 2.24) is 20.7 Å². The van der Waals surface area contributed by atoms with Crippen molar-refractivity contribution in [2.24, 2.45) is 5.92 Å². The molecule has 2 saturated heterocycles. The van der Waals surface area contributed by atoms with Gasteiger partial charge in [0.2, 0.25) is 0 Å². The summed E-state index contributed by atoms with van der Waals surface area (Å²) in [4.78, 5) is 0. The number of sulfone groups is 1. The summed E-state index contributed by atoms with van der Waals surface area (Å²) >= 11 is 1.83. The van der Waals surface area contributed by atoms with Crippen molar-refractivity contribution in [2.45, 2.75) is 61.0 Å². The fourth-order valence-electron chi connectivity index (χ4n) is 4.23. The number of hydrogen-bond acceptors (Lipinski definition) is 8. The Kier molecular flexibility index (Phi) is 7.03. The van der Waals surface area contributed by atoms with Crippen LogP contribution in [0.4, 0.5) is 0 Å². The number of nitrogens with one attached hydrogen (secondary N) is 4. The molecule has 7 nitrogen and oxygen atoms in total. The summed E-state index contributed by atoms with van der Waals surface area (Å²) in [6.45, 7) is 2.91. The summed E-state index contributed by atoms with van der Waals surface area (Å²) in [5.41, 5.74) is 0. The van der Waals surface area contributed by atoms with E-state index in [1.807, 2.05) is 11.9 Å². The normalized spacial score (nSPS) is 40.2. The first-order valence-electron chi connectivity index (χ1n) is 9.30. The number of hydrogen-bond donors (Lipinski definition) is 4. The zero-order chi connectivity index (χ0) is 17.9. The Hall–Kier alpha value is 0.1000. The molecule has 25 heavy (non-hydrogen) atoms. The van der Waals surface area contributed by atoms with Gasteiger partial charge in [0.15, 0.2) is 0 Å². The van der Waals surface area contributed by atoms with Crippen LogP contribution in [0.3, 0.4) is 0 Å². The molecule has 2 aliphatic heterocycles. The number of piperazine rings is 1. The monoisotopic (exact) mass is 392 g/mol. The van der Waals surface area contributed by atoms with Crippen LogP contribution in [0.2, 0.25) is 0 Å². The summed E-state index contributed by atoms with van der Waals surface area (Å²) in [6, 6.07) is 0.214. The standard InChI is InChI=1S/C16H32N4O3S2/c1-23-16-15(11-3-5-13(6-4-11)25(2,21)22)20-14(10-18-16)17-9-12-7-8-19-24-12/h11-20H,3-10H2,1-2H3. The van der Waals surface area contributed by atoms with E-state index in [0.29, 0.717) is 11.2 Å². The molecule has 3 rings (SSSR count). The van der Waals surface area contributed by atoms with Gasteiger partial charge in [0, 0.05) is 38.2 Å². The molecule has 0 spiro atoms. The lowest BCUT2D eigenvalue weighted by Gasteiger charge is -2.43. The van der Waals surface area contributed by atoms with Crippen LogP contribution < -0.4 is 20.7 Å². The SMILES string of the molecule is COC1NCC(NCC2CCNS2)NC1C1CCC(S(C)(=O)=O)CC1. The van der Waals surface area contributed by atoms with Gasteiger partial charge in [-0.25, -0.2) is 8.42 Å². The van der Waals surface area contributed by atoms with E-state index in [1.54, 1.807) is 7.11 Å². The van der Waals surface area contributed by atoms with Crippen LogP contribution >= 0.6 is 11.9 Å². The highest BCUT2D eigenvalue weighted by atomic mass is 32.2. The van der Waals surface area contributed by atoms with Crippen LogP contribution in [-0.2, 0) is 14.6 Å². The van der Waals surface area contributed by atoms with Gasteiger partial charge in [-0.15, -0.1) is 0 Å². The Morgan fingerprint density at radius 3 is 2.56 bits per heavy atom. The molecule has 4 N–H and O–H groups in total. The Morgan fingerprint density at radius 1 is 1.20 bits per heavy atom. The van der Waals surface area contributed by atoms with Crippen molar-refractivity contribution in [3.63, 3.8) is 0 Å². The molecule has 0 aromatic carbocycles. The van der Waals surface area contributed by atoms with Crippen LogP contribution in [0.25, 0.3) is 0 Å². The van der Waals surface area contributed by atoms with Crippen LogP contribution in [0.5, 0.6) is 0 Å². The molecule has 0 aromatic heterocycles. The van der Waals surface area contributed by atoms with Gasteiger partial charge in [0.05, 0.1) is 17.5 Å². The van der Waals surface area contributed by atoms with Gasteiger partial charge in [-0.3, -0.25) is 20.7 Å². The lowest BCUT2D eigenvalue weighted by Crippen LogP contribution is -2.68. The van der Waals surface area contributed by atoms with Crippen molar-refractivity contribution in [2.75, 3.05) is 33.0 Å². The van der Waals surface area contributed by atoms with E-state index in [9.17, 15) is 8.42 Å². The van der Waals surface area contributed by atoms with Gasteiger partial charge in [-0.1, -0.05) is 11.9 Å². The van der Waals surface area contributed by atoms with Gasteiger partial charge in [0.25, 0.3) is 0 Å². The predicted octanol–water partition coefficient (Wildman–Crippen LogP) is 0.0495. The van der Waals surface area contributed by atoms with Gasteiger partial charge in [0.1, 0.15) is 16.1 Å². The topological polar surface area (TPSA) is 91.5 Å². The average molecular weight is 393 g/mol. The second-order valence-corrected chi connectivity index (χ2v) is 11.0. The molecule has 9 heteroatoms. The zero-order valence-electron chi connectivity index (χ0n) is 15.2. The Labute approximate surface area is 155 Å². The maximum absolute atomic E-state index is 11.8. The molecule has 0 radical (unpaired) electrons. The first-order chi connectivity index (χ1) is 12.0. The van der Waals surface area contributed by atoms with E-state index in [0.717, 1.165) is 45.3 Å². The summed E-state index contributed by atoms with van der Waals surface area (Å²) < 4.78 is 32.5. The largest absolute Gasteiger partial charge is 0.365 e. The summed E-state index contributed by atoms with van der Waals surface area (Å²) in [5, 5.41) is 11.3. The highest BCUT2D eigenvalue weighted by molar-refractivity contribution is 7.98. The molecular weight excluding hydrogens is 360 g/mol. The lowest BCUT2D eigenvalue weighted by atomic mass is 9.82. The molecule has 1 saturated carbocycles. The van der Waals surface area contributed by atoms with Crippen molar-refractivity contribution in [3.8, 4) is 0 Å². The van der Waals surface area contributed by atoms with Crippen LogP contribution in [0.15, 0.2) is 0 Å². The number of rotatable bonds is 6. The first kappa shape index (κ1) is 19.9. The van der Waals surface area contributed by atoms with Gasteiger partial charge >= 0.3 is 0 Å². The minimum atomic E-state index is -2.92. The fraction of sp³-hybridized carbons (Fsp3) is 1.00. The van der Waals surface area contributed by atoms with Crippen molar-refractivity contribution < 1.29 is 13.2 Å². The Morgan fingerprint density at radius 2 is 1.96 bits per heavy atom. The Balaban J connectivity index is 1.52. The summed E-state index contributed by atoms with van der Waals surface area (Å²) in [7, 11) is -1.18. The molecule has 0 aromatic rings. The third-order valence-electron chi connectivity index (χ3n) is 5.74. The van der Waals surface area contributed by atoms with Crippen LogP contribution in [-0.4, -0.2) is 70.4 Å².